The quantitative estimate of drug-likeness (QED) is 0.568. The van der Waals surface area contributed by atoms with Gasteiger partial charge in [0.25, 0.3) is 5.69 Å². The Balaban J connectivity index is 3.64. The van der Waals surface area contributed by atoms with Crippen molar-refractivity contribution in [2.24, 2.45) is 5.73 Å². The van der Waals surface area contributed by atoms with Crippen LogP contribution in [0.15, 0.2) is 12.1 Å². The van der Waals surface area contributed by atoms with E-state index in [1.54, 1.807) is 6.07 Å². The van der Waals surface area contributed by atoms with E-state index in [9.17, 15) is 14.9 Å². The van der Waals surface area contributed by atoms with Gasteiger partial charge in [-0.1, -0.05) is 0 Å². The van der Waals surface area contributed by atoms with Crippen molar-refractivity contribution in [2.45, 2.75) is 6.54 Å². The van der Waals surface area contributed by atoms with Crippen molar-refractivity contribution < 1.29 is 14.8 Å². The fourth-order valence-electron chi connectivity index (χ4n) is 1.35. The van der Waals surface area contributed by atoms with Crippen LogP contribution in [0.4, 0.5) is 5.69 Å². The van der Waals surface area contributed by atoms with Crippen LogP contribution < -0.4 is 5.73 Å². The first-order valence-electron chi connectivity index (χ1n) is 4.16. The number of nitrogens with two attached hydrogens (primary N) is 1. The minimum atomic E-state index is -1.40. The zero-order valence-corrected chi connectivity index (χ0v) is 8.01. The summed E-state index contributed by atoms with van der Waals surface area (Å²) in [6.07, 6.45) is 0. The second-order valence-electron chi connectivity index (χ2n) is 2.86. The van der Waals surface area contributed by atoms with Crippen molar-refractivity contribution in [1.82, 2.24) is 0 Å². The highest BCUT2D eigenvalue weighted by atomic mass is 16.6. The van der Waals surface area contributed by atoms with E-state index in [2.05, 4.69) is 0 Å². The van der Waals surface area contributed by atoms with E-state index in [0.29, 0.717) is 0 Å². The molecule has 3 N–H and O–H groups in total. The van der Waals surface area contributed by atoms with Crippen molar-refractivity contribution >= 4 is 11.7 Å². The standard InChI is InChI=1S/C9H7N3O4/c10-3-5-1-2-7(12(15)16)6(4-11)8(5)9(13)14/h1-2H,4,11H2,(H,13,14). The number of rotatable bonds is 3. The molecule has 0 aliphatic rings. The third kappa shape index (κ3) is 1.82. The molecular formula is C9H7N3O4. The Hall–Kier alpha value is -2.46. The molecule has 1 rings (SSSR count). The summed E-state index contributed by atoms with van der Waals surface area (Å²) in [5.41, 5.74) is 4.20. The highest BCUT2D eigenvalue weighted by Crippen LogP contribution is 2.24. The lowest BCUT2D eigenvalue weighted by Crippen LogP contribution is -2.12. The molecule has 0 heterocycles. The maximum Gasteiger partial charge on any atom is 0.337 e. The second kappa shape index (κ2) is 4.37. The van der Waals surface area contributed by atoms with Crippen molar-refractivity contribution in [3.63, 3.8) is 0 Å². The Kier molecular flexibility index (Phi) is 3.17. The fraction of sp³-hybridized carbons (Fsp3) is 0.111. The third-order valence-corrected chi connectivity index (χ3v) is 2.02. The summed E-state index contributed by atoms with van der Waals surface area (Å²) in [7, 11) is 0. The number of aromatic carboxylic acids is 1. The molecule has 1 aromatic carbocycles. The topological polar surface area (TPSA) is 130 Å². The molecule has 0 aliphatic carbocycles. The Morgan fingerprint density at radius 3 is 2.62 bits per heavy atom. The smallest absolute Gasteiger partial charge is 0.337 e. The Labute approximate surface area is 89.9 Å². The molecule has 0 atom stereocenters. The molecule has 0 spiro atoms. The molecule has 0 saturated carbocycles. The van der Waals surface area contributed by atoms with Crippen molar-refractivity contribution in [1.29, 1.82) is 5.26 Å². The van der Waals surface area contributed by atoms with E-state index < -0.39 is 16.5 Å². The predicted molar refractivity (Wildman–Crippen MR) is 52.7 cm³/mol. The summed E-state index contributed by atoms with van der Waals surface area (Å²) >= 11 is 0. The first kappa shape index (κ1) is 11.6. The van der Waals surface area contributed by atoms with Gasteiger partial charge in [-0.25, -0.2) is 4.79 Å². The van der Waals surface area contributed by atoms with Gasteiger partial charge in [0.1, 0.15) is 6.07 Å². The van der Waals surface area contributed by atoms with Gasteiger partial charge in [-0.2, -0.15) is 5.26 Å². The second-order valence-corrected chi connectivity index (χ2v) is 2.86. The number of nitriles is 1. The summed E-state index contributed by atoms with van der Waals surface area (Å²) in [6.45, 7) is -0.312. The zero-order chi connectivity index (χ0) is 12.3. The van der Waals surface area contributed by atoms with Crippen molar-refractivity contribution in [3.05, 3.63) is 38.9 Å². The van der Waals surface area contributed by atoms with E-state index in [0.717, 1.165) is 12.1 Å². The molecule has 0 radical (unpaired) electrons. The largest absolute Gasteiger partial charge is 0.478 e. The van der Waals surface area contributed by atoms with E-state index >= 15 is 0 Å². The van der Waals surface area contributed by atoms with Crippen LogP contribution in [-0.2, 0) is 6.54 Å². The molecule has 0 saturated heterocycles. The molecule has 82 valence electrons. The Morgan fingerprint density at radius 2 is 2.25 bits per heavy atom. The maximum absolute atomic E-state index is 10.9. The van der Waals surface area contributed by atoms with Crippen LogP contribution in [0.1, 0.15) is 21.5 Å². The molecule has 7 nitrogen and oxygen atoms in total. The molecule has 16 heavy (non-hydrogen) atoms. The summed E-state index contributed by atoms with van der Waals surface area (Å²) < 4.78 is 0. The molecule has 1 aromatic rings. The molecule has 0 bridgehead atoms. The van der Waals surface area contributed by atoms with E-state index in [-0.39, 0.29) is 23.4 Å². The zero-order valence-electron chi connectivity index (χ0n) is 8.01. The number of nitrogens with zero attached hydrogens (tertiary/aromatic N) is 2. The average Bonchev–Trinajstić information content (AvgIpc) is 2.26. The third-order valence-electron chi connectivity index (χ3n) is 2.02. The Morgan fingerprint density at radius 1 is 1.62 bits per heavy atom. The fourth-order valence-corrected chi connectivity index (χ4v) is 1.35. The number of nitro benzene ring substituents is 1. The molecule has 0 amide bonds. The first-order valence-corrected chi connectivity index (χ1v) is 4.16. The van der Waals surface area contributed by atoms with Crippen LogP contribution in [0.5, 0.6) is 0 Å². The lowest BCUT2D eigenvalue weighted by molar-refractivity contribution is -0.385. The van der Waals surface area contributed by atoms with Gasteiger partial charge in [0, 0.05) is 12.6 Å². The minimum absolute atomic E-state index is 0.140. The highest BCUT2D eigenvalue weighted by Gasteiger charge is 2.23. The molecule has 0 aliphatic heterocycles. The average molecular weight is 221 g/mol. The van der Waals surface area contributed by atoms with Crippen LogP contribution in [0.25, 0.3) is 0 Å². The van der Waals surface area contributed by atoms with E-state index in [4.69, 9.17) is 16.1 Å². The number of nitro groups is 1. The monoisotopic (exact) mass is 221 g/mol. The van der Waals surface area contributed by atoms with Crippen LogP contribution in [0.3, 0.4) is 0 Å². The molecule has 7 heteroatoms. The summed E-state index contributed by atoms with van der Waals surface area (Å²) in [5.74, 6) is -1.40. The summed E-state index contributed by atoms with van der Waals surface area (Å²) in [6, 6.07) is 3.83. The molecular weight excluding hydrogens is 214 g/mol. The number of carboxylic acids is 1. The molecule has 0 unspecified atom stereocenters. The van der Waals surface area contributed by atoms with Crippen LogP contribution in [-0.4, -0.2) is 16.0 Å². The maximum atomic E-state index is 10.9. The van der Waals surface area contributed by atoms with Gasteiger partial charge in [-0.05, 0) is 6.07 Å². The van der Waals surface area contributed by atoms with Gasteiger partial charge in [0.05, 0.1) is 21.6 Å². The predicted octanol–water partition coefficient (Wildman–Crippen LogP) is 0.623. The Bertz CT molecular complexity index is 504. The van der Waals surface area contributed by atoms with E-state index in [1.165, 1.54) is 0 Å². The highest BCUT2D eigenvalue weighted by molar-refractivity contribution is 5.93. The van der Waals surface area contributed by atoms with Gasteiger partial charge < -0.3 is 10.8 Å². The lowest BCUT2D eigenvalue weighted by Gasteiger charge is -2.05. The van der Waals surface area contributed by atoms with Gasteiger partial charge in [-0.3, -0.25) is 10.1 Å². The van der Waals surface area contributed by atoms with Crippen LogP contribution in [0.2, 0.25) is 0 Å². The molecule has 0 aromatic heterocycles. The normalized spacial score (nSPS) is 9.50. The van der Waals surface area contributed by atoms with Crippen molar-refractivity contribution in [3.8, 4) is 6.07 Å². The van der Waals surface area contributed by atoms with Gasteiger partial charge in [0.2, 0.25) is 0 Å². The summed E-state index contributed by atoms with van der Waals surface area (Å²) in [5, 5.41) is 28.2. The minimum Gasteiger partial charge on any atom is -0.478 e. The van der Waals surface area contributed by atoms with Crippen molar-refractivity contribution in [2.75, 3.05) is 0 Å². The van der Waals surface area contributed by atoms with E-state index in [1.807, 2.05) is 0 Å². The lowest BCUT2D eigenvalue weighted by atomic mass is 10.00. The van der Waals surface area contributed by atoms with Crippen LogP contribution in [0, 0.1) is 21.4 Å². The SMILES string of the molecule is N#Cc1ccc([N+](=O)[O-])c(CN)c1C(=O)O. The number of carboxylic acid groups (broad SMARTS) is 1. The number of hydrogen-bond acceptors (Lipinski definition) is 5. The first-order chi connectivity index (χ1) is 7.52. The van der Waals surface area contributed by atoms with Crippen LogP contribution >= 0.6 is 0 Å². The number of carbonyl (C=O) groups is 1. The van der Waals surface area contributed by atoms with Gasteiger partial charge in [0.15, 0.2) is 0 Å². The van der Waals surface area contributed by atoms with Gasteiger partial charge in [-0.15, -0.1) is 0 Å². The number of benzene rings is 1. The summed E-state index contributed by atoms with van der Waals surface area (Å²) in [4.78, 5) is 20.8. The van der Waals surface area contributed by atoms with Gasteiger partial charge >= 0.3 is 5.97 Å². The number of hydrogen-bond donors (Lipinski definition) is 2. The molecule has 0 fully saturated rings.